The third-order valence-corrected chi connectivity index (χ3v) is 4.28. The molecule has 2 aromatic rings. The molecule has 2 N–H and O–H groups in total. The van der Waals surface area contributed by atoms with Crippen molar-refractivity contribution in [2.45, 2.75) is 37.6 Å². The minimum absolute atomic E-state index is 0.0566. The van der Waals surface area contributed by atoms with E-state index in [1.165, 1.54) is 12.8 Å². The van der Waals surface area contributed by atoms with Gasteiger partial charge in [0, 0.05) is 24.0 Å². The lowest BCUT2D eigenvalue weighted by molar-refractivity contribution is 0.422. The Labute approximate surface area is 112 Å². The summed E-state index contributed by atoms with van der Waals surface area (Å²) in [6, 6.07) is 5.84. The fourth-order valence-corrected chi connectivity index (χ4v) is 3.12. The first-order chi connectivity index (χ1) is 8.57. The highest BCUT2D eigenvalue weighted by Crippen LogP contribution is 2.31. The lowest BCUT2D eigenvalue weighted by Gasteiger charge is -2.22. The van der Waals surface area contributed by atoms with Gasteiger partial charge >= 0.3 is 0 Å². The van der Waals surface area contributed by atoms with Crippen LogP contribution in [0.25, 0.3) is 11.0 Å². The highest BCUT2D eigenvalue weighted by Gasteiger charge is 2.31. The van der Waals surface area contributed by atoms with Gasteiger partial charge in [-0.2, -0.15) is 0 Å². The Hall–Kier alpha value is -1.06. The molecular formula is C14H18ClN3. The lowest BCUT2D eigenvalue weighted by atomic mass is 9.94. The molecule has 0 aliphatic heterocycles. The number of benzene rings is 1. The second-order valence-electron chi connectivity index (χ2n) is 5.47. The highest BCUT2D eigenvalue weighted by molar-refractivity contribution is 6.31. The molecular weight excluding hydrogens is 246 g/mol. The Morgan fingerprint density at radius 1 is 1.39 bits per heavy atom. The van der Waals surface area contributed by atoms with Gasteiger partial charge in [0.2, 0.25) is 0 Å². The SMILES string of the molecule is Cn1c(CC2(N)CCCC2)nc2cc(Cl)ccc21. The fourth-order valence-electron chi connectivity index (χ4n) is 2.95. The molecule has 0 saturated heterocycles. The lowest BCUT2D eigenvalue weighted by Crippen LogP contribution is -2.39. The van der Waals surface area contributed by atoms with E-state index in [4.69, 9.17) is 17.3 Å². The third-order valence-electron chi connectivity index (χ3n) is 4.05. The highest BCUT2D eigenvalue weighted by atomic mass is 35.5. The van der Waals surface area contributed by atoms with Gasteiger partial charge < -0.3 is 10.3 Å². The van der Waals surface area contributed by atoms with E-state index in [2.05, 4.69) is 16.6 Å². The quantitative estimate of drug-likeness (QED) is 0.905. The topological polar surface area (TPSA) is 43.8 Å². The molecule has 18 heavy (non-hydrogen) atoms. The fraction of sp³-hybridized carbons (Fsp3) is 0.500. The number of rotatable bonds is 2. The summed E-state index contributed by atoms with van der Waals surface area (Å²) in [6.45, 7) is 0. The number of aromatic nitrogens is 2. The van der Waals surface area contributed by atoms with E-state index < -0.39 is 0 Å². The van der Waals surface area contributed by atoms with E-state index >= 15 is 0 Å². The van der Waals surface area contributed by atoms with E-state index in [-0.39, 0.29) is 5.54 Å². The standard InChI is InChI=1S/C14H18ClN3/c1-18-12-5-4-10(15)8-11(12)17-13(18)9-14(16)6-2-3-7-14/h4-5,8H,2-3,6-7,9,16H2,1H3. The van der Waals surface area contributed by atoms with Gasteiger partial charge in [0.1, 0.15) is 5.82 Å². The zero-order chi connectivity index (χ0) is 12.8. The molecule has 0 bridgehead atoms. The van der Waals surface area contributed by atoms with Gasteiger partial charge in [-0.25, -0.2) is 4.98 Å². The number of aryl methyl sites for hydroxylation is 1. The predicted molar refractivity (Wildman–Crippen MR) is 74.8 cm³/mol. The third kappa shape index (κ3) is 2.02. The van der Waals surface area contributed by atoms with Crippen LogP contribution in [0.2, 0.25) is 5.02 Å². The second-order valence-corrected chi connectivity index (χ2v) is 5.90. The van der Waals surface area contributed by atoms with Crippen LogP contribution in [0, 0.1) is 0 Å². The Morgan fingerprint density at radius 2 is 2.11 bits per heavy atom. The van der Waals surface area contributed by atoms with Crippen molar-refractivity contribution in [2.24, 2.45) is 12.8 Å². The van der Waals surface area contributed by atoms with Crippen molar-refractivity contribution in [1.82, 2.24) is 9.55 Å². The van der Waals surface area contributed by atoms with E-state index in [1.807, 2.05) is 18.2 Å². The number of halogens is 1. The van der Waals surface area contributed by atoms with Crippen molar-refractivity contribution in [3.63, 3.8) is 0 Å². The average molecular weight is 264 g/mol. The molecule has 0 amide bonds. The molecule has 0 unspecified atom stereocenters. The molecule has 1 aromatic heterocycles. The summed E-state index contributed by atoms with van der Waals surface area (Å²) in [7, 11) is 2.05. The molecule has 1 heterocycles. The maximum Gasteiger partial charge on any atom is 0.111 e. The number of fused-ring (bicyclic) bond motifs is 1. The van der Waals surface area contributed by atoms with Crippen LogP contribution < -0.4 is 5.73 Å². The first-order valence-corrected chi connectivity index (χ1v) is 6.85. The molecule has 1 saturated carbocycles. The van der Waals surface area contributed by atoms with Crippen LogP contribution in [0.1, 0.15) is 31.5 Å². The average Bonchev–Trinajstić information content (AvgIpc) is 2.85. The summed E-state index contributed by atoms with van der Waals surface area (Å²) >= 11 is 6.00. The van der Waals surface area contributed by atoms with Crippen molar-refractivity contribution >= 4 is 22.6 Å². The molecule has 0 atom stereocenters. The van der Waals surface area contributed by atoms with Crippen LogP contribution in [0.15, 0.2) is 18.2 Å². The van der Waals surface area contributed by atoms with Gasteiger partial charge in [-0.1, -0.05) is 24.4 Å². The summed E-state index contributed by atoms with van der Waals surface area (Å²) in [5.41, 5.74) is 8.46. The smallest absolute Gasteiger partial charge is 0.111 e. The van der Waals surface area contributed by atoms with Gasteiger partial charge in [0.15, 0.2) is 0 Å². The maximum atomic E-state index is 6.43. The summed E-state index contributed by atoms with van der Waals surface area (Å²) in [4.78, 5) is 4.68. The molecule has 3 nitrogen and oxygen atoms in total. The number of hydrogen-bond donors (Lipinski definition) is 1. The molecule has 4 heteroatoms. The van der Waals surface area contributed by atoms with Gasteiger partial charge in [-0.05, 0) is 31.0 Å². The summed E-state index contributed by atoms with van der Waals surface area (Å²) in [5, 5.41) is 0.732. The molecule has 96 valence electrons. The van der Waals surface area contributed by atoms with Gasteiger partial charge in [-0.15, -0.1) is 0 Å². The van der Waals surface area contributed by atoms with Crippen molar-refractivity contribution in [3.8, 4) is 0 Å². The normalized spacial score (nSPS) is 18.6. The second kappa shape index (κ2) is 4.25. The first-order valence-electron chi connectivity index (χ1n) is 6.47. The van der Waals surface area contributed by atoms with Crippen LogP contribution in [-0.4, -0.2) is 15.1 Å². The number of nitrogens with two attached hydrogens (primary N) is 1. The zero-order valence-corrected chi connectivity index (χ0v) is 11.4. The molecule has 1 aliphatic carbocycles. The molecule has 1 aliphatic rings. The molecule has 0 spiro atoms. The zero-order valence-electron chi connectivity index (χ0n) is 10.6. The maximum absolute atomic E-state index is 6.43. The molecule has 0 radical (unpaired) electrons. The van der Waals surface area contributed by atoms with Crippen LogP contribution in [0.4, 0.5) is 0 Å². The van der Waals surface area contributed by atoms with Crippen molar-refractivity contribution in [1.29, 1.82) is 0 Å². The number of nitrogens with zero attached hydrogens (tertiary/aromatic N) is 2. The first kappa shape index (κ1) is 12.0. The van der Waals surface area contributed by atoms with E-state index in [1.54, 1.807) is 0 Å². The van der Waals surface area contributed by atoms with Crippen molar-refractivity contribution in [2.75, 3.05) is 0 Å². The molecule has 3 rings (SSSR count). The predicted octanol–water partition coefficient (Wildman–Crippen LogP) is 3.04. The molecule has 1 fully saturated rings. The van der Waals surface area contributed by atoms with Gasteiger partial charge in [0.05, 0.1) is 11.0 Å². The summed E-state index contributed by atoms with van der Waals surface area (Å²) in [5.74, 6) is 1.07. The minimum Gasteiger partial charge on any atom is -0.331 e. The van der Waals surface area contributed by atoms with Crippen LogP contribution in [0.5, 0.6) is 0 Å². The van der Waals surface area contributed by atoms with Crippen LogP contribution >= 0.6 is 11.6 Å². The van der Waals surface area contributed by atoms with Crippen molar-refractivity contribution < 1.29 is 0 Å². The van der Waals surface area contributed by atoms with Crippen molar-refractivity contribution in [3.05, 3.63) is 29.0 Å². The summed E-state index contributed by atoms with van der Waals surface area (Å²) < 4.78 is 2.14. The molecule has 1 aromatic carbocycles. The van der Waals surface area contributed by atoms with E-state index in [0.717, 1.165) is 41.1 Å². The minimum atomic E-state index is -0.0566. The summed E-state index contributed by atoms with van der Waals surface area (Å²) in [6.07, 6.45) is 5.56. The Morgan fingerprint density at radius 3 is 2.83 bits per heavy atom. The Bertz CT molecular complexity index is 582. The monoisotopic (exact) mass is 263 g/mol. The number of hydrogen-bond acceptors (Lipinski definition) is 2. The Kier molecular flexibility index (Phi) is 2.83. The number of imidazole rings is 1. The van der Waals surface area contributed by atoms with Gasteiger partial charge in [0.25, 0.3) is 0 Å². The Balaban J connectivity index is 1.99. The van der Waals surface area contributed by atoms with E-state index in [9.17, 15) is 0 Å². The van der Waals surface area contributed by atoms with E-state index in [0.29, 0.717) is 0 Å². The van der Waals surface area contributed by atoms with Gasteiger partial charge in [-0.3, -0.25) is 0 Å². The largest absolute Gasteiger partial charge is 0.331 e. The van der Waals surface area contributed by atoms with Crippen LogP contribution in [-0.2, 0) is 13.5 Å². The van der Waals surface area contributed by atoms with Crippen LogP contribution in [0.3, 0.4) is 0 Å².